The molecule has 0 saturated carbocycles. The van der Waals surface area contributed by atoms with Gasteiger partial charge in [0.1, 0.15) is 10.9 Å². The normalized spacial score (nSPS) is 17.8. The molecule has 0 fully saturated rings. The summed E-state index contributed by atoms with van der Waals surface area (Å²) < 4.78 is 28.3. The topological polar surface area (TPSA) is 66.5 Å². The number of nitrogens with zero attached hydrogens (tertiary/aromatic N) is 1. The van der Waals surface area contributed by atoms with E-state index < -0.39 is 16.1 Å². The molecule has 1 aliphatic heterocycles. The maximum absolute atomic E-state index is 13.2. The predicted octanol–water partition coefficient (Wildman–Crippen LogP) is 2.96. The van der Waals surface area contributed by atoms with Crippen molar-refractivity contribution < 1.29 is 13.2 Å². The van der Waals surface area contributed by atoms with Crippen LogP contribution in [0.5, 0.6) is 0 Å². The Labute approximate surface area is 160 Å². The Kier molecular flexibility index (Phi) is 5.20. The number of carbonyl (C=O) groups is 1. The van der Waals surface area contributed by atoms with E-state index >= 15 is 0 Å². The van der Waals surface area contributed by atoms with Gasteiger partial charge in [-0.2, -0.15) is 4.31 Å². The molecule has 25 heavy (non-hydrogen) atoms. The molecular weight excluding hydrogens is 428 g/mol. The summed E-state index contributed by atoms with van der Waals surface area (Å²) in [6.45, 7) is 0.128. The molecule has 1 heterocycles. The fourth-order valence-corrected chi connectivity index (χ4v) is 5.53. The van der Waals surface area contributed by atoms with Crippen molar-refractivity contribution >= 4 is 43.5 Å². The smallest absolute Gasteiger partial charge is 0.245 e. The van der Waals surface area contributed by atoms with Crippen molar-refractivity contribution in [1.82, 2.24) is 9.62 Å². The van der Waals surface area contributed by atoms with Gasteiger partial charge in [0.15, 0.2) is 0 Å². The number of hydrogen-bond acceptors (Lipinski definition) is 3. The van der Waals surface area contributed by atoms with Crippen molar-refractivity contribution in [2.45, 2.75) is 23.9 Å². The molecule has 1 unspecified atom stereocenters. The molecule has 0 aliphatic carbocycles. The fourth-order valence-electron chi connectivity index (χ4n) is 2.95. The summed E-state index contributed by atoms with van der Waals surface area (Å²) in [5.41, 5.74) is 1.86. The van der Waals surface area contributed by atoms with Crippen LogP contribution in [0.15, 0.2) is 51.8 Å². The first kappa shape index (κ1) is 18.4. The highest BCUT2D eigenvalue weighted by molar-refractivity contribution is 9.10. The molecule has 1 amide bonds. The summed E-state index contributed by atoms with van der Waals surface area (Å²) in [7, 11) is -2.44. The van der Waals surface area contributed by atoms with Gasteiger partial charge in [0.2, 0.25) is 15.9 Å². The molecule has 132 valence electrons. The van der Waals surface area contributed by atoms with Crippen molar-refractivity contribution in [3.63, 3.8) is 0 Å². The molecule has 0 aromatic heterocycles. The Balaban J connectivity index is 2.10. The lowest BCUT2D eigenvalue weighted by Gasteiger charge is -2.34. The standard InChI is InChI=1S/C17H16BrClN2O3S/c1-20-17(22)15-8-11-4-2-3-5-12(11)10-21(15)25(23,24)16-7-6-13(18)9-14(16)19/h2-7,9,15H,8,10H2,1H3,(H,20,22). The summed E-state index contributed by atoms with van der Waals surface area (Å²) in [5, 5.41) is 2.67. The maximum atomic E-state index is 13.2. The van der Waals surface area contributed by atoms with Crippen LogP contribution in [0.2, 0.25) is 5.02 Å². The highest BCUT2D eigenvalue weighted by atomic mass is 79.9. The van der Waals surface area contributed by atoms with Gasteiger partial charge in [-0.25, -0.2) is 8.42 Å². The number of benzene rings is 2. The minimum Gasteiger partial charge on any atom is -0.358 e. The molecule has 0 spiro atoms. The third-order valence-corrected chi connectivity index (χ3v) is 7.07. The number of rotatable bonds is 3. The minimum absolute atomic E-state index is 0.00866. The number of carbonyl (C=O) groups excluding carboxylic acids is 1. The number of nitrogens with one attached hydrogen (secondary N) is 1. The average molecular weight is 444 g/mol. The van der Waals surface area contributed by atoms with Gasteiger partial charge in [-0.1, -0.05) is 51.8 Å². The van der Waals surface area contributed by atoms with Crippen molar-refractivity contribution in [2.75, 3.05) is 7.05 Å². The Morgan fingerprint density at radius 2 is 1.92 bits per heavy atom. The van der Waals surface area contributed by atoms with E-state index in [-0.39, 0.29) is 22.4 Å². The monoisotopic (exact) mass is 442 g/mol. The van der Waals surface area contributed by atoms with Crippen LogP contribution in [0.4, 0.5) is 0 Å². The van der Waals surface area contributed by atoms with Crippen LogP contribution in [0.3, 0.4) is 0 Å². The zero-order chi connectivity index (χ0) is 18.2. The molecule has 8 heteroatoms. The summed E-state index contributed by atoms with van der Waals surface area (Å²) in [4.78, 5) is 12.3. The van der Waals surface area contributed by atoms with Gasteiger partial charge in [0.05, 0.1) is 5.02 Å². The number of halogens is 2. The molecule has 0 radical (unpaired) electrons. The molecule has 1 aliphatic rings. The van der Waals surface area contributed by atoms with Gasteiger partial charge in [-0.15, -0.1) is 0 Å². The summed E-state index contributed by atoms with van der Waals surface area (Å²) >= 11 is 9.43. The van der Waals surface area contributed by atoms with Crippen LogP contribution in [0.25, 0.3) is 0 Å². The van der Waals surface area contributed by atoms with Crippen molar-refractivity contribution in [3.05, 3.63) is 63.1 Å². The van der Waals surface area contributed by atoms with Gasteiger partial charge in [0.25, 0.3) is 0 Å². The number of fused-ring (bicyclic) bond motifs is 1. The van der Waals surface area contributed by atoms with Crippen molar-refractivity contribution in [3.8, 4) is 0 Å². The Hall–Kier alpha value is -1.41. The van der Waals surface area contributed by atoms with Crippen LogP contribution < -0.4 is 5.32 Å². The lowest BCUT2D eigenvalue weighted by Crippen LogP contribution is -2.51. The molecule has 5 nitrogen and oxygen atoms in total. The Bertz CT molecular complexity index is 933. The number of likely N-dealkylation sites (N-methyl/N-ethyl adjacent to an activating group) is 1. The van der Waals surface area contributed by atoms with Crippen molar-refractivity contribution in [1.29, 1.82) is 0 Å². The molecule has 0 saturated heterocycles. The zero-order valence-electron chi connectivity index (χ0n) is 13.4. The van der Waals surface area contributed by atoms with E-state index in [1.165, 1.54) is 23.5 Å². The van der Waals surface area contributed by atoms with Gasteiger partial charge < -0.3 is 5.32 Å². The second kappa shape index (κ2) is 7.07. The van der Waals surface area contributed by atoms with E-state index in [0.29, 0.717) is 10.9 Å². The number of hydrogen-bond donors (Lipinski definition) is 1. The molecule has 0 bridgehead atoms. The molecular formula is C17H16BrClN2O3S. The van der Waals surface area contributed by atoms with E-state index in [1.54, 1.807) is 6.07 Å². The first-order chi connectivity index (χ1) is 11.8. The lowest BCUT2D eigenvalue weighted by atomic mass is 9.95. The van der Waals surface area contributed by atoms with E-state index in [9.17, 15) is 13.2 Å². The Morgan fingerprint density at radius 3 is 2.56 bits per heavy atom. The van der Waals surface area contributed by atoms with Crippen LogP contribution in [-0.2, 0) is 27.8 Å². The quantitative estimate of drug-likeness (QED) is 0.793. The molecule has 2 aromatic carbocycles. The Morgan fingerprint density at radius 1 is 1.24 bits per heavy atom. The second-order valence-electron chi connectivity index (χ2n) is 5.73. The third-order valence-electron chi connectivity index (χ3n) is 4.24. The summed E-state index contributed by atoms with van der Waals surface area (Å²) in [5.74, 6) is -0.341. The van der Waals surface area contributed by atoms with Crippen LogP contribution >= 0.6 is 27.5 Å². The van der Waals surface area contributed by atoms with Crippen molar-refractivity contribution in [2.24, 2.45) is 0 Å². The average Bonchev–Trinajstić information content (AvgIpc) is 2.59. The van der Waals surface area contributed by atoms with Crippen LogP contribution in [0, 0.1) is 0 Å². The van der Waals surface area contributed by atoms with Crippen LogP contribution in [-0.4, -0.2) is 31.7 Å². The minimum atomic E-state index is -3.94. The van der Waals surface area contributed by atoms with E-state index in [1.807, 2.05) is 24.3 Å². The highest BCUT2D eigenvalue weighted by Crippen LogP contribution is 2.33. The molecule has 3 rings (SSSR count). The largest absolute Gasteiger partial charge is 0.358 e. The zero-order valence-corrected chi connectivity index (χ0v) is 16.5. The second-order valence-corrected chi connectivity index (χ2v) is 8.91. The van der Waals surface area contributed by atoms with Gasteiger partial charge in [-0.3, -0.25) is 4.79 Å². The SMILES string of the molecule is CNC(=O)C1Cc2ccccc2CN1S(=O)(=O)c1ccc(Br)cc1Cl. The molecule has 2 aromatic rings. The highest BCUT2D eigenvalue weighted by Gasteiger charge is 2.39. The van der Waals surface area contributed by atoms with Gasteiger partial charge >= 0.3 is 0 Å². The molecule has 1 atom stereocenters. The maximum Gasteiger partial charge on any atom is 0.245 e. The lowest BCUT2D eigenvalue weighted by molar-refractivity contribution is -0.124. The predicted molar refractivity (Wildman–Crippen MR) is 99.9 cm³/mol. The van der Waals surface area contributed by atoms with E-state index in [2.05, 4.69) is 21.2 Å². The third kappa shape index (κ3) is 3.46. The fraction of sp³-hybridized carbons (Fsp3) is 0.235. The van der Waals surface area contributed by atoms with E-state index in [4.69, 9.17) is 11.6 Å². The van der Waals surface area contributed by atoms with Gasteiger partial charge in [0, 0.05) is 18.1 Å². The first-order valence-corrected chi connectivity index (χ1v) is 10.2. The number of amides is 1. The first-order valence-electron chi connectivity index (χ1n) is 7.60. The summed E-state index contributed by atoms with van der Waals surface area (Å²) in [6, 6.07) is 11.3. The van der Waals surface area contributed by atoms with Crippen LogP contribution in [0.1, 0.15) is 11.1 Å². The summed E-state index contributed by atoms with van der Waals surface area (Å²) in [6.07, 6.45) is 0.323. The van der Waals surface area contributed by atoms with Gasteiger partial charge in [-0.05, 0) is 35.7 Å². The van der Waals surface area contributed by atoms with E-state index in [0.717, 1.165) is 11.1 Å². The molecule has 1 N–H and O–H groups in total. The number of sulfonamides is 1.